The number of hydrogen-bond acceptors (Lipinski definition) is 6. The molecule has 28 heavy (non-hydrogen) atoms. The zero-order chi connectivity index (χ0) is 19.9. The third-order valence-corrected chi connectivity index (χ3v) is 4.11. The Bertz CT molecular complexity index is 870. The topological polar surface area (TPSA) is 83.1 Å². The van der Waals surface area contributed by atoms with Crippen LogP contribution >= 0.6 is 11.6 Å². The molecule has 2 aromatic rings. The van der Waals surface area contributed by atoms with Crippen molar-refractivity contribution in [3.8, 4) is 17.2 Å². The number of amides is 1. The van der Waals surface area contributed by atoms with Crippen LogP contribution in [-0.2, 0) is 14.3 Å². The van der Waals surface area contributed by atoms with E-state index in [2.05, 4.69) is 5.32 Å². The van der Waals surface area contributed by atoms with Crippen LogP contribution in [-0.4, -0.2) is 38.3 Å². The Hall–Kier alpha value is -2.93. The summed E-state index contributed by atoms with van der Waals surface area (Å²) in [6.07, 6.45) is 0.796. The van der Waals surface area contributed by atoms with Gasteiger partial charge in [-0.25, -0.2) is 4.79 Å². The summed E-state index contributed by atoms with van der Waals surface area (Å²) in [6, 6.07) is 10.2. The molecule has 1 amide bonds. The molecule has 2 aromatic carbocycles. The molecule has 1 aliphatic heterocycles. The van der Waals surface area contributed by atoms with Crippen molar-refractivity contribution >= 4 is 29.2 Å². The van der Waals surface area contributed by atoms with Gasteiger partial charge in [0.15, 0.2) is 24.7 Å². The number of nitrogens with one attached hydrogen (secondary N) is 1. The summed E-state index contributed by atoms with van der Waals surface area (Å²) < 4.78 is 21.4. The fourth-order valence-corrected chi connectivity index (χ4v) is 2.76. The maximum atomic E-state index is 12.0. The van der Waals surface area contributed by atoms with Gasteiger partial charge >= 0.3 is 5.97 Å². The number of fused-ring (bicyclic) bond motifs is 1. The van der Waals surface area contributed by atoms with Crippen LogP contribution in [0, 0.1) is 6.92 Å². The minimum Gasteiger partial charge on any atom is -0.490 e. The first kappa shape index (κ1) is 19.8. The third kappa shape index (κ3) is 5.53. The van der Waals surface area contributed by atoms with Gasteiger partial charge in [-0.2, -0.15) is 0 Å². The van der Waals surface area contributed by atoms with Gasteiger partial charge in [0.2, 0.25) is 0 Å². The van der Waals surface area contributed by atoms with Gasteiger partial charge in [0.1, 0.15) is 5.75 Å². The summed E-state index contributed by atoms with van der Waals surface area (Å²) in [5.74, 6) is 0.613. The Morgan fingerprint density at radius 3 is 2.64 bits per heavy atom. The van der Waals surface area contributed by atoms with Gasteiger partial charge in [-0.05, 0) is 42.8 Å². The van der Waals surface area contributed by atoms with E-state index in [0.717, 1.165) is 12.0 Å². The molecule has 0 saturated heterocycles. The maximum Gasteiger partial charge on any atom is 0.344 e. The monoisotopic (exact) mass is 405 g/mol. The number of hydrogen-bond donors (Lipinski definition) is 1. The summed E-state index contributed by atoms with van der Waals surface area (Å²) in [7, 11) is 0. The molecule has 1 aliphatic rings. The number of aryl methyl sites for hydroxylation is 1. The Labute approximate surface area is 167 Å². The number of esters is 1. The van der Waals surface area contributed by atoms with E-state index < -0.39 is 18.5 Å². The molecule has 0 spiro atoms. The van der Waals surface area contributed by atoms with E-state index in [0.29, 0.717) is 41.2 Å². The zero-order valence-corrected chi connectivity index (χ0v) is 16.1. The molecule has 8 heteroatoms. The summed E-state index contributed by atoms with van der Waals surface area (Å²) in [5.41, 5.74) is 1.32. The van der Waals surface area contributed by atoms with Crippen LogP contribution in [0.5, 0.6) is 17.2 Å². The smallest absolute Gasteiger partial charge is 0.344 e. The number of benzene rings is 2. The summed E-state index contributed by atoms with van der Waals surface area (Å²) in [6.45, 7) is 2.23. The fourth-order valence-electron chi connectivity index (χ4n) is 2.54. The second kappa shape index (κ2) is 9.32. The van der Waals surface area contributed by atoms with Crippen molar-refractivity contribution in [3.05, 3.63) is 47.0 Å². The van der Waals surface area contributed by atoms with Crippen LogP contribution in [0.15, 0.2) is 36.4 Å². The van der Waals surface area contributed by atoms with Gasteiger partial charge in [-0.3, -0.25) is 4.79 Å². The lowest BCUT2D eigenvalue weighted by Gasteiger charge is -2.11. The largest absolute Gasteiger partial charge is 0.490 e. The van der Waals surface area contributed by atoms with Crippen molar-refractivity contribution in [1.29, 1.82) is 0 Å². The quantitative estimate of drug-likeness (QED) is 0.742. The van der Waals surface area contributed by atoms with E-state index >= 15 is 0 Å². The molecule has 0 aromatic heterocycles. The average Bonchev–Trinajstić information content (AvgIpc) is 2.90. The van der Waals surface area contributed by atoms with E-state index in [1.807, 2.05) is 6.92 Å². The van der Waals surface area contributed by atoms with Crippen LogP contribution in [0.4, 0.5) is 5.69 Å². The molecule has 3 rings (SSSR count). The standard InChI is InChI=1S/C20H20ClNO6/c1-13-9-14(21)3-5-16(13)27-12-20(24)28-11-19(23)22-15-4-6-17-18(10-15)26-8-2-7-25-17/h3-6,9-10H,2,7-8,11-12H2,1H3,(H,22,23). The minimum absolute atomic E-state index is 0.306. The Morgan fingerprint density at radius 1 is 1.07 bits per heavy atom. The molecule has 1 heterocycles. The highest BCUT2D eigenvalue weighted by molar-refractivity contribution is 6.30. The van der Waals surface area contributed by atoms with Gasteiger partial charge in [0.25, 0.3) is 5.91 Å². The molecule has 0 radical (unpaired) electrons. The van der Waals surface area contributed by atoms with Crippen molar-refractivity contribution in [2.24, 2.45) is 0 Å². The van der Waals surface area contributed by atoms with E-state index in [4.69, 9.17) is 30.5 Å². The Morgan fingerprint density at radius 2 is 1.86 bits per heavy atom. The van der Waals surface area contributed by atoms with Crippen LogP contribution in [0.25, 0.3) is 0 Å². The van der Waals surface area contributed by atoms with Gasteiger partial charge < -0.3 is 24.3 Å². The first-order valence-electron chi connectivity index (χ1n) is 8.75. The number of ether oxygens (including phenoxy) is 4. The van der Waals surface area contributed by atoms with E-state index in [-0.39, 0.29) is 6.61 Å². The first-order chi connectivity index (χ1) is 13.5. The number of carbonyl (C=O) groups excluding carboxylic acids is 2. The molecule has 1 N–H and O–H groups in total. The lowest BCUT2D eigenvalue weighted by atomic mass is 10.2. The second-order valence-corrected chi connectivity index (χ2v) is 6.56. The Balaban J connectivity index is 1.45. The predicted octanol–water partition coefficient (Wildman–Crippen LogP) is 3.37. The van der Waals surface area contributed by atoms with Crippen molar-refractivity contribution in [1.82, 2.24) is 0 Å². The third-order valence-electron chi connectivity index (χ3n) is 3.88. The SMILES string of the molecule is Cc1cc(Cl)ccc1OCC(=O)OCC(=O)Nc1ccc2c(c1)OCCCO2. The van der Waals surface area contributed by atoms with Crippen LogP contribution in [0.2, 0.25) is 5.02 Å². The van der Waals surface area contributed by atoms with E-state index in [1.54, 1.807) is 36.4 Å². The molecular formula is C20H20ClNO6. The van der Waals surface area contributed by atoms with Gasteiger partial charge in [-0.1, -0.05) is 11.6 Å². The molecule has 0 unspecified atom stereocenters. The predicted molar refractivity (Wildman–Crippen MR) is 103 cm³/mol. The first-order valence-corrected chi connectivity index (χ1v) is 9.13. The number of anilines is 1. The number of carbonyl (C=O) groups is 2. The highest BCUT2D eigenvalue weighted by Gasteiger charge is 2.13. The van der Waals surface area contributed by atoms with Gasteiger partial charge in [0.05, 0.1) is 13.2 Å². The average molecular weight is 406 g/mol. The van der Waals surface area contributed by atoms with Crippen molar-refractivity contribution in [2.45, 2.75) is 13.3 Å². The van der Waals surface area contributed by atoms with Gasteiger partial charge in [-0.15, -0.1) is 0 Å². The molecule has 7 nitrogen and oxygen atoms in total. The molecule has 0 bridgehead atoms. The summed E-state index contributed by atoms with van der Waals surface area (Å²) in [4.78, 5) is 23.8. The fraction of sp³-hybridized carbons (Fsp3) is 0.300. The molecule has 0 aliphatic carbocycles. The van der Waals surface area contributed by atoms with Crippen molar-refractivity contribution < 1.29 is 28.5 Å². The summed E-state index contributed by atoms with van der Waals surface area (Å²) >= 11 is 5.87. The second-order valence-electron chi connectivity index (χ2n) is 6.12. The highest BCUT2D eigenvalue weighted by atomic mass is 35.5. The zero-order valence-electron chi connectivity index (χ0n) is 15.3. The normalized spacial score (nSPS) is 12.6. The minimum atomic E-state index is -0.650. The maximum absolute atomic E-state index is 12.0. The Kier molecular flexibility index (Phi) is 6.60. The lowest BCUT2D eigenvalue weighted by Crippen LogP contribution is -2.23. The van der Waals surface area contributed by atoms with Crippen molar-refractivity contribution in [3.63, 3.8) is 0 Å². The molecule has 148 valence electrons. The van der Waals surface area contributed by atoms with Crippen LogP contribution in [0.1, 0.15) is 12.0 Å². The molecule has 0 fully saturated rings. The van der Waals surface area contributed by atoms with E-state index in [1.165, 1.54) is 0 Å². The highest BCUT2D eigenvalue weighted by Crippen LogP contribution is 2.32. The van der Waals surface area contributed by atoms with Crippen molar-refractivity contribution in [2.75, 3.05) is 31.7 Å². The van der Waals surface area contributed by atoms with Crippen LogP contribution in [0.3, 0.4) is 0 Å². The lowest BCUT2D eigenvalue weighted by molar-refractivity contribution is -0.149. The number of rotatable bonds is 6. The van der Waals surface area contributed by atoms with E-state index in [9.17, 15) is 9.59 Å². The molecule has 0 atom stereocenters. The molecular weight excluding hydrogens is 386 g/mol. The molecule has 0 saturated carbocycles. The number of halogens is 1. The van der Waals surface area contributed by atoms with Gasteiger partial charge in [0, 0.05) is 23.2 Å². The van der Waals surface area contributed by atoms with Crippen LogP contribution < -0.4 is 19.5 Å². The summed E-state index contributed by atoms with van der Waals surface area (Å²) in [5, 5.41) is 3.23.